The molecule has 2 aromatic rings. The lowest BCUT2D eigenvalue weighted by Gasteiger charge is -2.22. The minimum Gasteiger partial charge on any atom is -0.497 e. The summed E-state index contributed by atoms with van der Waals surface area (Å²) >= 11 is 1.45. The zero-order valence-corrected chi connectivity index (χ0v) is 15.8. The summed E-state index contributed by atoms with van der Waals surface area (Å²) in [5.74, 6) is 1.80. The van der Waals surface area contributed by atoms with Gasteiger partial charge in [-0.3, -0.25) is 4.79 Å². The molecule has 130 valence electrons. The number of hydrogen-bond donors (Lipinski definition) is 0. The van der Waals surface area contributed by atoms with Crippen molar-refractivity contribution in [2.24, 2.45) is 13.0 Å². The smallest absolute Gasteiger partial charge is 0.235 e. The monoisotopic (exact) mass is 348 g/mol. The van der Waals surface area contributed by atoms with E-state index in [4.69, 9.17) is 4.74 Å². The number of aromatic nitrogens is 3. The van der Waals surface area contributed by atoms with Gasteiger partial charge in [-0.15, -0.1) is 10.2 Å². The molecule has 0 aliphatic heterocycles. The standard InChI is InChI=1S/C17H24N4O2S/c1-11(2)14(16(22)20(3)4)24-17-19-18-15(21(17)5)12-8-7-9-13(10-12)23-6/h7-11,14H,1-6H3/t14-/m1/s1. The number of ether oxygens (including phenoxy) is 1. The van der Waals surface area contributed by atoms with Gasteiger partial charge in [0.15, 0.2) is 11.0 Å². The van der Waals surface area contributed by atoms with Crippen LogP contribution < -0.4 is 4.74 Å². The van der Waals surface area contributed by atoms with Gasteiger partial charge in [-0.1, -0.05) is 37.7 Å². The molecule has 24 heavy (non-hydrogen) atoms. The average molecular weight is 348 g/mol. The van der Waals surface area contributed by atoms with E-state index in [1.807, 2.05) is 49.7 Å². The third kappa shape index (κ3) is 3.90. The minimum absolute atomic E-state index is 0.0842. The molecule has 7 heteroatoms. The highest BCUT2D eigenvalue weighted by molar-refractivity contribution is 8.00. The van der Waals surface area contributed by atoms with E-state index < -0.39 is 0 Å². The van der Waals surface area contributed by atoms with Crippen LogP contribution in [-0.2, 0) is 11.8 Å². The highest BCUT2D eigenvalue weighted by atomic mass is 32.2. The van der Waals surface area contributed by atoms with Crippen LogP contribution in [0.4, 0.5) is 0 Å². The Morgan fingerprint density at radius 2 is 2.00 bits per heavy atom. The minimum atomic E-state index is -0.193. The Bertz CT molecular complexity index is 712. The van der Waals surface area contributed by atoms with Crippen LogP contribution in [0.2, 0.25) is 0 Å². The molecule has 0 aliphatic carbocycles. The van der Waals surface area contributed by atoms with Crippen LogP contribution in [-0.4, -0.2) is 52.0 Å². The van der Waals surface area contributed by atoms with Crippen molar-refractivity contribution in [3.8, 4) is 17.1 Å². The largest absolute Gasteiger partial charge is 0.497 e. The zero-order valence-electron chi connectivity index (χ0n) is 15.0. The van der Waals surface area contributed by atoms with Crippen molar-refractivity contribution in [1.29, 1.82) is 0 Å². The second-order valence-electron chi connectivity index (χ2n) is 6.11. The summed E-state index contributed by atoms with van der Waals surface area (Å²) in [6.07, 6.45) is 0. The van der Waals surface area contributed by atoms with E-state index in [2.05, 4.69) is 10.2 Å². The van der Waals surface area contributed by atoms with Gasteiger partial charge in [0.1, 0.15) is 5.75 Å². The predicted octanol–water partition coefficient (Wildman–Crippen LogP) is 2.70. The molecule has 1 aromatic carbocycles. The second kappa shape index (κ2) is 7.70. The summed E-state index contributed by atoms with van der Waals surface area (Å²) in [5, 5.41) is 9.10. The Balaban J connectivity index is 2.30. The normalized spacial score (nSPS) is 12.3. The summed E-state index contributed by atoms with van der Waals surface area (Å²) < 4.78 is 7.18. The fourth-order valence-electron chi connectivity index (χ4n) is 2.27. The molecular formula is C17H24N4O2S. The molecule has 0 saturated heterocycles. The first kappa shape index (κ1) is 18.3. The van der Waals surface area contributed by atoms with E-state index in [9.17, 15) is 4.79 Å². The maximum absolute atomic E-state index is 12.4. The lowest BCUT2D eigenvalue weighted by atomic mass is 10.1. The Morgan fingerprint density at radius 3 is 2.58 bits per heavy atom. The van der Waals surface area contributed by atoms with Crippen LogP contribution in [0.25, 0.3) is 11.4 Å². The molecule has 1 heterocycles. The Hall–Kier alpha value is -2.02. The van der Waals surface area contributed by atoms with Crippen molar-refractivity contribution in [3.63, 3.8) is 0 Å². The van der Waals surface area contributed by atoms with Crippen LogP contribution in [0.1, 0.15) is 13.8 Å². The molecule has 6 nitrogen and oxygen atoms in total. The number of benzene rings is 1. The van der Waals surface area contributed by atoms with Crippen molar-refractivity contribution < 1.29 is 9.53 Å². The fraction of sp³-hybridized carbons (Fsp3) is 0.471. The van der Waals surface area contributed by atoms with Crippen molar-refractivity contribution in [2.75, 3.05) is 21.2 Å². The molecule has 0 unspecified atom stereocenters. The number of carbonyl (C=O) groups is 1. The van der Waals surface area contributed by atoms with Crippen LogP contribution in [0.15, 0.2) is 29.4 Å². The summed E-state index contributed by atoms with van der Waals surface area (Å²) in [7, 11) is 7.10. The lowest BCUT2D eigenvalue weighted by molar-refractivity contribution is -0.128. The molecular weight excluding hydrogens is 324 g/mol. The Morgan fingerprint density at radius 1 is 1.29 bits per heavy atom. The maximum Gasteiger partial charge on any atom is 0.235 e. The van der Waals surface area contributed by atoms with Gasteiger partial charge >= 0.3 is 0 Å². The lowest BCUT2D eigenvalue weighted by Crippen LogP contribution is -2.35. The van der Waals surface area contributed by atoms with Gasteiger partial charge in [0, 0.05) is 26.7 Å². The molecule has 0 aliphatic rings. The van der Waals surface area contributed by atoms with Gasteiger partial charge < -0.3 is 14.2 Å². The van der Waals surface area contributed by atoms with E-state index in [0.29, 0.717) is 0 Å². The number of thioether (sulfide) groups is 1. The molecule has 1 aromatic heterocycles. The van der Waals surface area contributed by atoms with E-state index in [1.165, 1.54) is 11.8 Å². The van der Waals surface area contributed by atoms with Crippen molar-refractivity contribution in [1.82, 2.24) is 19.7 Å². The van der Waals surface area contributed by atoms with Crippen LogP contribution >= 0.6 is 11.8 Å². The summed E-state index contributed by atoms with van der Waals surface area (Å²) in [6.45, 7) is 4.08. The molecule has 0 saturated carbocycles. The predicted molar refractivity (Wildman–Crippen MR) is 96.2 cm³/mol. The van der Waals surface area contributed by atoms with E-state index in [1.54, 1.807) is 26.1 Å². The molecule has 2 rings (SSSR count). The molecule has 0 fully saturated rings. The summed E-state index contributed by atoms with van der Waals surface area (Å²) in [5.41, 5.74) is 0.927. The molecule has 0 radical (unpaired) electrons. The van der Waals surface area contributed by atoms with Crippen molar-refractivity contribution in [2.45, 2.75) is 24.3 Å². The van der Waals surface area contributed by atoms with Gasteiger partial charge in [-0.2, -0.15) is 0 Å². The van der Waals surface area contributed by atoms with E-state index in [-0.39, 0.29) is 17.1 Å². The SMILES string of the molecule is COc1cccc(-c2nnc(S[C@@H](C(=O)N(C)C)C(C)C)n2C)c1. The van der Waals surface area contributed by atoms with Crippen LogP contribution in [0.3, 0.4) is 0 Å². The van der Waals surface area contributed by atoms with Gasteiger partial charge in [-0.25, -0.2) is 0 Å². The molecule has 1 amide bonds. The average Bonchev–Trinajstić information content (AvgIpc) is 2.92. The van der Waals surface area contributed by atoms with E-state index in [0.717, 1.165) is 22.3 Å². The first-order valence-corrected chi connectivity index (χ1v) is 8.64. The zero-order chi connectivity index (χ0) is 17.9. The van der Waals surface area contributed by atoms with Crippen LogP contribution in [0.5, 0.6) is 5.75 Å². The maximum atomic E-state index is 12.4. The van der Waals surface area contributed by atoms with Gasteiger partial charge in [0.05, 0.1) is 12.4 Å². The van der Waals surface area contributed by atoms with Gasteiger partial charge in [0.25, 0.3) is 0 Å². The molecule has 0 N–H and O–H groups in total. The number of rotatable bonds is 6. The third-order valence-electron chi connectivity index (χ3n) is 3.68. The number of hydrogen-bond acceptors (Lipinski definition) is 5. The molecule has 1 atom stereocenters. The fourth-order valence-corrected chi connectivity index (χ4v) is 3.41. The number of nitrogens with zero attached hydrogens (tertiary/aromatic N) is 4. The third-order valence-corrected chi connectivity index (χ3v) is 5.25. The first-order valence-electron chi connectivity index (χ1n) is 7.76. The highest BCUT2D eigenvalue weighted by Crippen LogP contribution is 2.30. The topological polar surface area (TPSA) is 60.3 Å². The summed E-state index contributed by atoms with van der Waals surface area (Å²) in [6, 6.07) is 7.69. The Labute approximate surface area is 147 Å². The number of amides is 1. The van der Waals surface area contributed by atoms with Gasteiger partial charge in [-0.05, 0) is 18.1 Å². The van der Waals surface area contributed by atoms with Crippen LogP contribution in [0, 0.1) is 5.92 Å². The molecule has 0 bridgehead atoms. The second-order valence-corrected chi connectivity index (χ2v) is 7.22. The van der Waals surface area contributed by atoms with E-state index >= 15 is 0 Å². The number of carbonyl (C=O) groups excluding carboxylic acids is 1. The Kier molecular flexibility index (Phi) is 5.88. The quantitative estimate of drug-likeness (QED) is 0.751. The number of methoxy groups -OCH3 is 1. The summed E-state index contributed by atoms with van der Waals surface area (Å²) in [4.78, 5) is 14.0. The molecule has 0 spiro atoms. The highest BCUT2D eigenvalue weighted by Gasteiger charge is 2.27. The van der Waals surface area contributed by atoms with Gasteiger partial charge in [0.2, 0.25) is 5.91 Å². The van der Waals surface area contributed by atoms with Crippen molar-refractivity contribution in [3.05, 3.63) is 24.3 Å². The first-order chi connectivity index (χ1) is 11.3. The van der Waals surface area contributed by atoms with Crippen molar-refractivity contribution >= 4 is 17.7 Å².